The molecule has 1 saturated heterocycles. The molecule has 0 aromatic carbocycles. The fourth-order valence-corrected chi connectivity index (χ4v) is 2.64. The summed E-state index contributed by atoms with van der Waals surface area (Å²) in [6.07, 6.45) is 0.0454. The van der Waals surface area contributed by atoms with E-state index in [-0.39, 0.29) is 17.9 Å². The number of amides is 2. The van der Waals surface area contributed by atoms with Crippen molar-refractivity contribution in [1.29, 1.82) is 0 Å². The van der Waals surface area contributed by atoms with Gasteiger partial charge in [-0.25, -0.2) is 9.59 Å². The van der Waals surface area contributed by atoms with Crippen LogP contribution in [0, 0.1) is 11.8 Å². The lowest BCUT2D eigenvalue weighted by Crippen LogP contribution is -2.50. The van der Waals surface area contributed by atoms with Crippen LogP contribution in [0.25, 0.3) is 0 Å². The minimum Gasteiger partial charge on any atom is -0.444 e. The highest BCUT2D eigenvalue weighted by atomic mass is 16.6. The largest absolute Gasteiger partial charge is 0.444 e. The molecule has 0 radical (unpaired) electrons. The molecule has 2 amide bonds. The Morgan fingerprint density at radius 2 is 1.67 bits per heavy atom. The fraction of sp³-hybridized carbons (Fsp3) is 0.882. The van der Waals surface area contributed by atoms with Crippen molar-refractivity contribution < 1.29 is 19.1 Å². The van der Waals surface area contributed by atoms with Gasteiger partial charge < -0.3 is 25.4 Å². The summed E-state index contributed by atoms with van der Waals surface area (Å²) in [5.74, 6) is 0.349. The zero-order valence-corrected chi connectivity index (χ0v) is 15.8. The number of ether oxygens (including phenoxy) is 2. The van der Waals surface area contributed by atoms with Gasteiger partial charge >= 0.3 is 12.2 Å². The van der Waals surface area contributed by atoms with Crippen molar-refractivity contribution in [3.63, 3.8) is 0 Å². The van der Waals surface area contributed by atoms with Gasteiger partial charge in [-0.3, -0.25) is 0 Å². The molecule has 7 nitrogen and oxygen atoms in total. The Morgan fingerprint density at radius 3 is 2.17 bits per heavy atom. The third kappa shape index (κ3) is 7.38. The van der Waals surface area contributed by atoms with E-state index in [0.29, 0.717) is 26.2 Å². The predicted molar refractivity (Wildman–Crippen MR) is 92.7 cm³/mol. The second kappa shape index (κ2) is 8.05. The molecule has 7 heteroatoms. The molecule has 1 fully saturated rings. The Kier molecular flexibility index (Phi) is 6.89. The highest BCUT2D eigenvalue weighted by Crippen LogP contribution is 2.24. The maximum Gasteiger partial charge on any atom is 0.410 e. The van der Waals surface area contributed by atoms with Crippen LogP contribution in [0.1, 0.15) is 48.0 Å². The average Bonchev–Trinajstić information content (AvgIpc) is 2.41. The van der Waals surface area contributed by atoms with E-state index in [4.69, 9.17) is 15.2 Å². The van der Waals surface area contributed by atoms with Crippen LogP contribution in [0.3, 0.4) is 0 Å². The molecule has 0 aromatic rings. The van der Waals surface area contributed by atoms with Crippen LogP contribution in [-0.4, -0.2) is 54.5 Å². The topological polar surface area (TPSA) is 93.9 Å². The molecule has 0 saturated carbocycles. The van der Waals surface area contributed by atoms with E-state index in [1.165, 1.54) is 0 Å². The number of nitrogens with two attached hydrogens (primary N) is 1. The molecule has 1 rings (SSSR count). The molecule has 0 aromatic heterocycles. The Bertz CT molecular complexity index is 440. The van der Waals surface area contributed by atoms with Crippen LogP contribution in [0.15, 0.2) is 0 Å². The standard InChI is InChI=1S/C17H33N3O4/c1-16(2,3)23-14(21)19-10-12-7-8-20(11-13(12)9-18)15(22)24-17(4,5)6/h12-13H,7-11,18H2,1-6H3,(H,19,21). The van der Waals surface area contributed by atoms with Gasteiger partial charge in [-0.05, 0) is 66.3 Å². The summed E-state index contributed by atoms with van der Waals surface area (Å²) in [4.78, 5) is 25.7. The number of nitrogens with zero attached hydrogens (tertiary/aromatic N) is 1. The quantitative estimate of drug-likeness (QED) is 0.820. The van der Waals surface area contributed by atoms with E-state index in [2.05, 4.69) is 5.32 Å². The van der Waals surface area contributed by atoms with Crippen LogP contribution in [-0.2, 0) is 9.47 Å². The van der Waals surface area contributed by atoms with Gasteiger partial charge in [0.15, 0.2) is 0 Å². The SMILES string of the molecule is CC(C)(C)OC(=O)NCC1CCN(C(=O)OC(C)(C)C)CC1CN. The molecular weight excluding hydrogens is 310 g/mol. The van der Waals surface area contributed by atoms with Gasteiger partial charge in [-0.1, -0.05) is 0 Å². The van der Waals surface area contributed by atoms with Crippen LogP contribution in [0.2, 0.25) is 0 Å². The first-order valence-electron chi connectivity index (χ1n) is 8.56. The molecule has 140 valence electrons. The molecule has 1 aliphatic rings. The first kappa shape index (κ1) is 20.5. The van der Waals surface area contributed by atoms with Gasteiger partial charge in [-0.15, -0.1) is 0 Å². The van der Waals surface area contributed by atoms with Crippen molar-refractivity contribution in [1.82, 2.24) is 10.2 Å². The van der Waals surface area contributed by atoms with Crippen LogP contribution < -0.4 is 11.1 Å². The van der Waals surface area contributed by atoms with Gasteiger partial charge in [0.2, 0.25) is 0 Å². The van der Waals surface area contributed by atoms with Crippen molar-refractivity contribution in [2.24, 2.45) is 17.6 Å². The Hall–Kier alpha value is -1.50. The lowest BCUT2D eigenvalue weighted by molar-refractivity contribution is 0.0100. The number of rotatable bonds is 3. The third-order valence-electron chi connectivity index (χ3n) is 3.75. The number of hydrogen-bond acceptors (Lipinski definition) is 5. The lowest BCUT2D eigenvalue weighted by atomic mass is 9.85. The minimum atomic E-state index is -0.516. The first-order valence-corrected chi connectivity index (χ1v) is 8.56. The van der Waals surface area contributed by atoms with Crippen LogP contribution in [0.4, 0.5) is 9.59 Å². The van der Waals surface area contributed by atoms with Crippen LogP contribution >= 0.6 is 0 Å². The second-order valence-corrected chi connectivity index (χ2v) is 8.35. The third-order valence-corrected chi connectivity index (χ3v) is 3.75. The highest BCUT2D eigenvalue weighted by Gasteiger charge is 2.33. The summed E-state index contributed by atoms with van der Waals surface area (Å²) in [5.41, 5.74) is 4.84. The normalized spacial score (nSPS) is 22.0. The molecule has 0 bridgehead atoms. The summed E-state index contributed by atoms with van der Waals surface area (Å²) in [6, 6.07) is 0. The van der Waals surface area contributed by atoms with E-state index in [1.807, 2.05) is 41.5 Å². The number of carbonyl (C=O) groups is 2. The van der Waals surface area contributed by atoms with E-state index in [9.17, 15) is 9.59 Å². The summed E-state index contributed by atoms with van der Waals surface area (Å²) >= 11 is 0. The maximum atomic E-state index is 12.2. The number of alkyl carbamates (subject to hydrolysis) is 1. The van der Waals surface area contributed by atoms with E-state index >= 15 is 0 Å². The Morgan fingerprint density at radius 1 is 1.08 bits per heavy atom. The molecular formula is C17H33N3O4. The second-order valence-electron chi connectivity index (χ2n) is 8.35. The number of piperidine rings is 1. The Balaban J connectivity index is 2.51. The van der Waals surface area contributed by atoms with E-state index in [1.54, 1.807) is 4.90 Å². The van der Waals surface area contributed by atoms with Gasteiger partial charge in [-0.2, -0.15) is 0 Å². The first-order chi connectivity index (χ1) is 10.9. The smallest absolute Gasteiger partial charge is 0.410 e. The summed E-state index contributed by atoms with van der Waals surface area (Å²) in [5, 5.41) is 2.80. The monoisotopic (exact) mass is 343 g/mol. The zero-order valence-electron chi connectivity index (χ0n) is 15.8. The molecule has 2 unspecified atom stereocenters. The van der Waals surface area contributed by atoms with E-state index < -0.39 is 17.3 Å². The average molecular weight is 343 g/mol. The van der Waals surface area contributed by atoms with Gasteiger partial charge in [0.25, 0.3) is 0 Å². The van der Waals surface area contributed by atoms with Gasteiger partial charge in [0.1, 0.15) is 11.2 Å². The van der Waals surface area contributed by atoms with Gasteiger partial charge in [0, 0.05) is 19.6 Å². The molecule has 1 aliphatic heterocycles. The molecule has 1 heterocycles. The number of carbonyl (C=O) groups excluding carboxylic acids is 2. The summed E-state index contributed by atoms with van der Waals surface area (Å²) < 4.78 is 10.7. The maximum absolute atomic E-state index is 12.2. The van der Waals surface area contributed by atoms with Crippen molar-refractivity contribution >= 4 is 12.2 Å². The summed E-state index contributed by atoms with van der Waals surface area (Å²) in [6.45, 7) is 13.1. The predicted octanol–water partition coefficient (Wildman–Crippen LogP) is 2.34. The zero-order chi connectivity index (χ0) is 18.5. The molecule has 2 atom stereocenters. The summed E-state index contributed by atoms with van der Waals surface area (Å²) in [7, 11) is 0. The molecule has 3 N–H and O–H groups in total. The minimum absolute atomic E-state index is 0.126. The molecule has 0 aliphatic carbocycles. The highest BCUT2D eigenvalue weighted by molar-refractivity contribution is 5.68. The van der Waals surface area contributed by atoms with Crippen molar-refractivity contribution in [3.05, 3.63) is 0 Å². The van der Waals surface area contributed by atoms with Crippen molar-refractivity contribution in [2.75, 3.05) is 26.2 Å². The van der Waals surface area contributed by atoms with E-state index in [0.717, 1.165) is 6.42 Å². The van der Waals surface area contributed by atoms with Crippen LogP contribution in [0.5, 0.6) is 0 Å². The molecule has 0 spiro atoms. The Labute approximate surface area is 145 Å². The molecule has 24 heavy (non-hydrogen) atoms. The number of likely N-dealkylation sites (tertiary alicyclic amines) is 1. The van der Waals surface area contributed by atoms with Crippen molar-refractivity contribution in [3.8, 4) is 0 Å². The number of hydrogen-bond donors (Lipinski definition) is 2. The lowest BCUT2D eigenvalue weighted by Gasteiger charge is -2.38. The van der Waals surface area contributed by atoms with Crippen molar-refractivity contribution in [2.45, 2.75) is 59.2 Å². The fourth-order valence-electron chi connectivity index (χ4n) is 2.64. The number of nitrogens with one attached hydrogen (secondary N) is 1. The van der Waals surface area contributed by atoms with Gasteiger partial charge in [0.05, 0.1) is 0 Å².